The Morgan fingerprint density at radius 3 is 2.81 bits per heavy atom. The van der Waals surface area contributed by atoms with Gasteiger partial charge in [-0.1, -0.05) is 12.1 Å². The molecule has 1 unspecified atom stereocenters. The van der Waals surface area contributed by atoms with Crippen molar-refractivity contribution in [3.63, 3.8) is 0 Å². The lowest BCUT2D eigenvalue weighted by Gasteiger charge is -2.21. The van der Waals surface area contributed by atoms with E-state index < -0.39 is 11.9 Å². The third-order valence-corrected chi connectivity index (χ3v) is 4.81. The molecule has 2 N–H and O–H groups in total. The summed E-state index contributed by atoms with van der Waals surface area (Å²) in [6.07, 6.45) is 3.72. The van der Waals surface area contributed by atoms with E-state index in [2.05, 4.69) is 10.6 Å². The van der Waals surface area contributed by atoms with Gasteiger partial charge >= 0.3 is 5.69 Å². The number of imidazole rings is 1. The molecule has 3 amide bonds. The maximum atomic E-state index is 12.8. The van der Waals surface area contributed by atoms with Crippen molar-refractivity contribution in [3.8, 4) is 0 Å². The van der Waals surface area contributed by atoms with Crippen LogP contribution in [0.5, 0.6) is 0 Å². The predicted octanol–water partition coefficient (Wildman–Crippen LogP) is 0.386. The Hall–Kier alpha value is -2.90. The molecule has 0 saturated carbocycles. The minimum Gasteiger partial charge on any atom is -0.359 e. The lowest BCUT2D eigenvalue weighted by Crippen LogP contribution is -2.44. The number of hydrogen-bond donors (Lipinski definition) is 2. The van der Waals surface area contributed by atoms with E-state index in [1.54, 1.807) is 11.6 Å². The van der Waals surface area contributed by atoms with Gasteiger partial charge in [-0.2, -0.15) is 0 Å². The zero-order valence-electron chi connectivity index (χ0n) is 14.7. The highest BCUT2D eigenvalue weighted by atomic mass is 16.2. The molecule has 138 valence electrons. The van der Waals surface area contributed by atoms with Crippen molar-refractivity contribution in [1.82, 2.24) is 19.8 Å². The van der Waals surface area contributed by atoms with Crippen LogP contribution in [0.2, 0.25) is 0 Å². The summed E-state index contributed by atoms with van der Waals surface area (Å²) in [7, 11) is 1.70. The molecule has 3 rings (SSSR count). The number of nitrogens with zero attached hydrogens (tertiary/aromatic N) is 2. The van der Waals surface area contributed by atoms with Crippen LogP contribution in [0.25, 0.3) is 11.0 Å². The maximum Gasteiger partial charge on any atom is 0.329 e. The number of imide groups is 1. The monoisotopic (exact) mass is 358 g/mol. The normalized spacial score (nSPS) is 17.3. The van der Waals surface area contributed by atoms with Crippen molar-refractivity contribution in [1.29, 1.82) is 0 Å². The Morgan fingerprint density at radius 2 is 2.08 bits per heavy atom. The molecule has 0 spiro atoms. The van der Waals surface area contributed by atoms with Gasteiger partial charge in [0, 0.05) is 20.0 Å². The number of hydrogen-bond acceptors (Lipinski definition) is 4. The van der Waals surface area contributed by atoms with Crippen molar-refractivity contribution in [2.24, 2.45) is 7.05 Å². The summed E-state index contributed by atoms with van der Waals surface area (Å²) in [4.78, 5) is 46.7. The van der Waals surface area contributed by atoms with Gasteiger partial charge in [0.05, 0.1) is 11.0 Å². The summed E-state index contributed by atoms with van der Waals surface area (Å²) in [5.74, 6) is -0.731. The second-order valence-electron chi connectivity index (χ2n) is 6.49. The van der Waals surface area contributed by atoms with E-state index in [1.807, 2.05) is 18.2 Å². The molecule has 8 nitrogen and oxygen atoms in total. The molecule has 1 atom stereocenters. The summed E-state index contributed by atoms with van der Waals surface area (Å²) in [6.45, 7) is 0.621. The van der Waals surface area contributed by atoms with Crippen LogP contribution in [0, 0.1) is 0 Å². The van der Waals surface area contributed by atoms with Crippen molar-refractivity contribution in [3.05, 3.63) is 34.2 Å². The fourth-order valence-corrected chi connectivity index (χ4v) is 3.55. The van der Waals surface area contributed by atoms with Gasteiger partial charge in [-0.05, 0) is 37.3 Å². The first kappa shape index (κ1) is 17.9. The fourth-order valence-electron chi connectivity index (χ4n) is 3.55. The van der Waals surface area contributed by atoms with Gasteiger partial charge in [-0.3, -0.25) is 28.8 Å². The number of carbonyl (C=O) groups excluding carboxylic acids is 3. The van der Waals surface area contributed by atoms with E-state index in [-0.39, 0.29) is 18.0 Å². The first-order valence-electron chi connectivity index (χ1n) is 8.74. The van der Waals surface area contributed by atoms with E-state index in [1.165, 1.54) is 4.57 Å². The Kier molecular flexibility index (Phi) is 5.20. The Morgan fingerprint density at radius 1 is 1.27 bits per heavy atom. The SMILES string of the molecule is Cn1c(=O)n(C2CCC(=O)NC2=O)c2cccc(CCCCNC=O)c21. The molecule has 1 aromatic heterocycles. The summed E-state index contributed by atoms with van der Waals surface area (Å²) in [5.41, 5.74) is 2.28. The highest BCUT2D eigenvalue weighted by Crippen LogP contribution is 2.25. The molecule has 2 heterocycles. The van der Waals surface area contributed by atoms with Crippen LogP contribution in [0.4, 0.5) is 0 Å². The average Bonchev–Trinajstić information content (AvgIpc) is 2.87. The third-order valence-electron chi connectivity index (χ3n) is 4.81. The number of benzene rings is 1. The van der Waals surface area contributed by atoms with E-state index >= 15 is 0 Å². The van der Waals surface area contributed by atoms with Gasteiger partial charge in [0.1, 0.15) is 6.04 Å². The van der Waals surface area contributed by atoms with E-state index in [0.717, 1.165) is 30.3 Å². The minimum absolute atomic E-state index is 0.225. The number of aromatic nitrogens is 2. The second kappa shape index (κ2) is 7.55. The minimum atomic E-state index is -0.670. The van der Waals surface area contributed by atoms with Crippen molar-refractivity contribution in [2.45, 2.75) is 38.1 Å². The lowest BCUT2D eigenvalue weighted by atomic mass is 10.0. The molecule has 1 saturated heterocycles. The van der Waals surface area contributed by atoms with Crippen LogP contribution in [0.1, 0.15) is 37.3 Å². The molecule has 1 aliphatic heterocycles. The van der Waals surface area contributed by atoms with Gasteiger partial charge in [0.15, 0.2) is 0 Å². The topological polar surface area (TPSA) is 102 Å². The number of amides is 3. The number of fused-ring (bicyclic) bond motifs is 1. The molecular formula is C18H22N4O4. The Labute approximate surface area is 150 Å². The van der Waals surface area contributed by atoms with Crippen LogP contribution in [-0.2, 0) is 27.9 Å². The van der Waals surface area contributed by atoms with Crippen molar-refractivity contribution in [2.75, 3.05) is 6.54 Å². The Balaban J connectivity index is 1.94. The van der Waals surface area contributed by atoms with Gasteiger partial charge in [-0.25, -0.2) is 4.79 Å². The van der Waals surface area contributed by atoms with Crippen molar-refractivity contribution >= 4 is 29.3 Å². The number of rotatable bonds is 7. The summed E-state index contributed by atoms with van der Waals surface area (Å²) in [5, 5.41) is 4.95. The first-order chi connectivity index (χ1) is 12.5. The molecular weight excluding hydrogens is 336 g/mol. The number of piperidine rings is 1. The first-order valence-corrected chi connectivity index (χ1v) is 8.74. The molecule has 0 aliphatic carbocycles. The fraction of sp³-hybridized carbons (Fsp3) is 0.444. The zero-order valence-corrected chi connectivity index (χ0v) is 14.7. The molecule has 26 heavy (non-hydrogen) atoms. The molecule has 2 aromatic rings. The number of para-hydroxylation sites is 1. The molecule has 8 heteroatoms. The second-order valence-corrected chi connectivity index (χ2v) is 6.49. The summed E-state index contributed by atoms with van der Waals surface area (Å²) >= 11 is 0. The lowest BCUT2D eigenvalue weighted by molar-refractivity contribution is -0.135. The predicted molar refractivity (Wildman–Crippen MR) is 95.6 cm³/mol. The van der Waals surface area contributed by atoms with Crippen molar-refractivity contribution < 1.29 is 14.4 Å². The average molecular weight is 358 g/mol. The van der Waals surface area contributed by atoms with Crippen LogP contribution >= 0.6 is 0 Å². The molecule has 1 aromatic carbocycles. The molecule has 1 fully saturated rings. The Bertz CT molecular complexity index is 912. The highest BCUT2D eigenvalue weighted by molar-refractivity contribution is 6.00. The van der Waals surface area contributed by atoms with Gasteiger partial charge in [0.25, 0.3) is 0 Å². The van der Waals surface area contributed by atoms with Crippen LogP contribution in [0.15, 0.2) is 23.0 Å². The van der Waals surface area contributed by atoms with Gasteiger partial charge in [-0.15, -0.1) is 0 Å². The molecule has 0 radical (unpaired) electrons. The van der Waals surface area contributed by atoms with E-state index in [4.69, 9.17) is 0 Å². The standard InChI is InChI=1S/C18H22N4O4/c1-21-16-12(5-2-3-10-19-11-23)6-4-7-13(16)22(18(21)26)14-8-9-15(24)20-17(14)25/h4,6-7,11,14H,2-3,5,8-10H2,1H3,(H,19,23)(H,20,24,25). The van der Waals surface area contributed by atoms with Crippen LogP contribution in [0.3, 0.4) is 0 Å². The summed E-state index contributed by atoms with van der Waals surface area (Å²) < 4.78 is 3.06. The largest absolute Gasteiger partial charge is 0.359 e. The quantitative estimate of drug-likeness (QED) is 0.424. The molecule has 1 aliphatic rings. The van der Waals surface area contributed by atoms with E-state index in [9.17, 15) is 19.2 Å². The zero-order chi connectivity index (χ0) is 18.7. The number of unbranched alkanes of at least 4 members (excludes halogenated alkanes) is 1. The highest BCUT2D eigenvalue weighted by Gasteiger charge is 2.31. The number of carbonyl (C=O) groups is 3. The molecule has 0 bridgehead atoms. The van der Waals surface area contributed by atoms with Gasteiger partial charge in [0.2, 0.25) is 18.2 Å². The van der Waals surface area contributed by atoms with Crippen LogP contribution < -0.4 is 16.3 Å². The van der Waals surface area contributed by atoms with E-state index in [0.29, 0.717) is 24.9 Å². The number of nitrogens with one attached hydrogen (secondary N) is 2. The smallest absolute Gasteiger partial charge is 0.329 e. The maximum absolute atomic E-state index is 12.8. The third kappa shape index (κ3) is 3.26. The van der Waals surface area contributed by atoms with Gasteiger partial charge < -0.3 is 5.32 Å². The summed E-state index contributed by atoms with van der Waals surface area (Å²) in [6, 6.07) is 5.01. The van der Waals surface area contributed by atoms with Crippen LogP contribution in [-0.4, -0.2) is 33.9 Å². The number of aryl methyl sites for hydroxylation is 2.